The second-order valence-electron chi connectivity index (χ2n) is 4.15. The Balaban J connectivity index is 2.81. The highest BCUT2D eigenvalue weighted by atomic mass is 19.1. The van der Waals surface area contributed by atoms with Crippen LogP contribution in [0.4, 0.5) is 15.8 Å². The summed E-state index contributed by atoms with van der Waals surface area (Å²) in [6.07, 6.45) is 0. The Hall–Kier alpha value is -1.29. The summed E-state index contributed by atoms with van der Waals surface area (Å²) in [5.41, 5.74) is 6.43. The van der Waals surface area contributed by atoms with Crippen molar-refractivity contribution in [1.29, 1.82) is 0 Å². The van der Waals surface area contributed by atoms with Gasteiger partial charge in [0, 0.05) is 7.11 Å². The predicted octanol–water partition coefficient (Wildman–Crippen LogP) is 2.49. The normalized spacial score (nSPS) is 12.8. The molecule has 0 aliphatic rings. The van der Waals surface area contributed by atoms with E-state index < -0.39 is 5.82 Å². The number of anilines is 2. The minimum atomic E-state index is -0.398. The molecular weight excluding hydrogens is 207 g/mol. The molecule has 3 nitrogen and oxygen atoms in total. The number of hydrogen-bond donors (Lipinski definition) is 2. The first-order chi connectivity index (χ1) is 7.56. The number of para-hydroxylation sites is 1. The summed E-state index contributed by atoms with van der Waals surface area (Å²) in [5, 5.41) is 3.20. The first-order valence-electron chi connectivity index (χ1n) is 5.35. The number of nitrogen functional groups attached to an aromatic ring is 1. The molecule has 16 heavy (non-hydrogen) atoms. The third-order valence-electron chi connectivity index (χ3n) is 2.54. The highest BCUT2D eigenvalue weighted by Crippen LogP contribution is 2.23. The molecule has 0 aliphatic heterocycles. The lowest BCUT2D eigenvalue weighted by Crippen LogP contribution is -2.30. The van der Waals surface area contributed by atoms with Gasteiger partial charge in [0.1, 0.15) is 5.82 Å². The number of halogens is 1. The van der Waals surface area contributed by atoms with E-state index in [1.54, 1.807) is 19.2 Å². The fourth-order valence-electron chi connectivity index (χ4n) is 1.44. The molecule has 4 heteroatoms. The molecule has 1 aromatic rings. The molecule has 0 saturated carbocycles. The van der Waals surface area contributed by atoms with Crippen molar-refractivity contribution >= 4 is 11.4 Å². The molecule has 0 aromatic heterocycles. The lowest BCUT2D eigenvalue weighted by molar-refractivity contribution is 0.171. The van der Waals surface area contributed by atoms with Gasteiger partial charge in [0.2, 0.25) is 0 Å². The third kappa shape index (κ3) is 3.10. The fraction of sp³-hybridized carbons (Fsp3) is 0.500. The minimum absolute atomic E-state index is 0.120. The van der Waals surface area contributed by atoms with Crippen LogP contribution in [0.1, 0.15) is 13.8 Å². The van der Waals surface area contributed by atoms with Gasteiger partial charge in [-0.1, -0.05) is 19.9 Å². The van der Waals surface area contributed by atoms with Crippen molar-refractivity contribution in [2.24, 2.45) is 5.92 Å². The third-order valence-corrected chi connectivity index (χ3v) is 2.54. The lowest BCUT2D eigenvalue weighted by atomic mass is 10.0. The van der Waals surface area contributed by atoms with Gasteiger partial charge in [-0.15, -0.1) is 0 Å². The van der Waals surface area contributed by atoms with Gasteiger partial charge in [-0.3, -0.25) is 0 Å². The molecule has 1 atom stereocenters. The Bertz CT molecular complexity index is 342. The van der Waals surface area contributed by atoms with Crippen LogP contribution in [0.15, 0.2) is 18.2 Å². The SMILES string of the molecule is COCC(Nc1cccc(F)c1N)C(C)C. The lowest BCUT2D eigenvalue weighted by Gasteiger charge is -2.23. The Kier molecular flexibility index (Phi) is 4.55. The molecule has 0 radical (unpaired) electrons. The zero-order chi connectivity index (χ0) is 12.1. The molecule has 0 bridgehead atoms. The maximum atomic E-state index is 13.2. The van der Waals surface area contributed by atoms with E-state index in [1.165, 1.54) is 6.07 Å². The number of nitrogens with one attached hydrogen (secondary N) is 1. The maximum Gasteiger partial charge on any atom is 0.148 e. The Labute approximate surface area is 95.8 Å². The van der Waals surface area contributed by atoms with Crippen LogP contribution in [-0.2, 0) is 4.74 Å². The number of benzene rings is 1. The predicted molar refractivity (Wildman–Crippen MR) is 64.9 cm³/mol. The smallest absolute Gasteiger partial charge is 0.148 e. The Morgan fingerprint density at radius 1 is 1.44 bits per heavy atom. The molecule has 0 aliphatic carbocycles. The van der Waals surface area contributed by atoms with E-state index in [-0.39, 0.29) is 11.7 Å². The number of hydrogen-bond acceptors (Lipinski definition) is 3. The van der Waals surface area contributed by atoms with Gasteiger partial charge in [-0.25, -0.2) is 4.39 Å². The van der Waals surface area contributed by atoms with E-state index in [4.69, 9.17) is 10.5 Å². The second kappa shape index (κ2) is 5.70. The molecule has 0 amide bonds. The zero-order valence-corrected chi connectivity index (χ0v) is 9.96. The molecular formula is C12H19FN2O. The highest BCUT2D eigenvalue weighted by molar-refractivity contribution is 5.66. The highest BCUT2D eigenvalue weighted by Gasteiger charge is 2.14. The quantitative estimate of drug-likeness (QED) is 0.758. The van der Waals surface area contributed by atoms with Crippen LogP contribution in [0.25, 0.3) is 0 Å². The number of ether oxygens (including phenoxy) is 1. The summed E-state index contributed by atoms with van der Waals surface area (Å²) in [6, 6.07) is 4.87. The molecule has 0 heterocycles. The van der Waals surface area contributed by atoms with Crippen LogP contribution >= 0.6 is 0 Å². The molecule has 0 saturated heterocycles. The van der Waals surface area contributed by atoms with Crippen molar-refractivity contribution < 1.29 is 9.13 Å². The monoisotopic (exact) mass is 226 g/mol. The van der Waals surface area contributed by atoms with Gasteiger partial charge in [-0.05, 0) is 18.1 Å². The van der Waals surface area contributed by atoms with E-state index in [1.807, 2.05) is 0 Å². The Morgan fingerprint density at radius 2 is 2.12 bits per heavy atom. The summed E-state index contributed by atoms with van der Waals surface area (Å²) in [4.78, 5) is 0. The summed E-state index contributed by atoms with van der Waals surface area (Å²) >= 11 is 0. The van der Waals surface area contributed by atoms with Gasteiger partial charge in [0.25, 0.3) is 0 Å². The van der Waals surface area contributed by atoms with Crippen molar-refractivity contribution in [1.82, 2.24) is 0 Å². The zero-order valence-electron chi connectivity index (χ0n) is 9.96. The molecule has 0 fully saturated rings. The van der Waals surface area contributed by atoms with Crippen LogP contribution in [0.3, 0.4) is 0 Å². The van der Waals surface area contributed by atoms with E-state index >= 15 is 0 Å². The van der Waals surface area contributed by atoms with E-state index in [2.05, 4.69) is 19.2 Å². The van der Waals surface area contributed by atoms with Gasteiger partial charge in [0.15, 0.2) is 0 Å². The molecule has 1 unspecified atom stereocenters. The fourth-order valence-corrected chi connectivity index (χ4v) is 1.44. The second-order valence-corrected chi connectivity index (χ2v) is 4.15. The van der Waals surface area contributed by atoms with E-state index in [9.17, 15) is 4.39 Å². The molecule has 1 aromatic carbocycles. The van der Waals surface area contributed by atoms with Crippen LogP contribution < -0.4 is 11.1 Å². The number of methoxy groups -OCH3 is 1. The molecule has 90 valence electrons. The van der Waals surface area contributed by atoms with Gasteiger partial charge >= 0.3 is 0 Å². The maximum absolute atomic E-state index is 13.2. The largest absolute Gasteiger partial charge is 0.395 e. The summed E-state index contributed by atoms with van der Waals surface area (Å²) in [6.45, 7) is 4.71. The van der Waals surface area contributed by atoms with Gasteiger partial charge < -0.3 is 15.8 Å². The van der Waals surface area contributed by atoms with Crippen LogP contribution in [0.5, 0.6) is 0 Å². The standard InChI is InChI=1S/C12H19FN2O/c1-8(2)11(7-16-3)15-10-6-4-5-9(13)12(10)14/h4-6,8,11,15H,7,14H2,1-3H3. The van der Waals surface area contributed by atoms with Gasteiger partial charge in [-0.2, -0.15) is 0 Å². The average molecular weight is 226 g/mol. The summed E-state index contributed by atoms with van der Waals surface area (Å²) in [5.74, 6) is -0.0208. The van der Waals surface area contributed by atoms with Crippen molar-refractivity contribution in [3.05, 3.63) is 24.0 Å². The summed E-state index contributed by atoms with van der Waals surface area (Å²) < 4.78 is 18.3. The van der Waals surface area contributed by atoms with Crippen molar-refractivity contribution in [2.75, 3.05) is 24.8 Å². The first kappa shape index (κ1) is 12.8. The molecule has 3 N–H and O–H groups in total. The van der Waals surface area contributed by atoms with E-state index in [0.717, 1.165) is 0 Å². The minimum Gasteiger partial charge on any atom is -0.395 e. The first-order valence-corrected chi connectivity index (χ1v) is 5.35. The molecule has 0 spiro atoms. The molecule has 1 rings (SSSR count). The average Bonchev–Trinajstić information content (AvgIpc) is 2.23. The van der Waals surface area contributed by atoms with Crippen molar-refractivity contribution in [3.63, 3.8) is 0 Å². The van der Waals surface area contributed by atoms with E-state index in [0.29, 0.717) is 18.2 Å². The van der Waals surface area contributed by atoms with Crippen molar-refractivity contribution in [3.8, 4) is 0 Å². The van der Waals surface area contributed by atoms with Crippen LogP contribution in [-0.4, -0.2) is 19.8 Å². The Morgan fingerprint density at radius 3 is 2.69 bits per heavy atom. The number of nitrogens with two attached hydrogens (primary N) is 1. The number of rotatable bonds is 5. The van der Waals surface area contributed by atoms with Crippen LogP contribution in [0.2, 0.25) is 0 Å². The summed E-state index contributed by atoms with van der Waals surface area (Å²) in [7, 11) is 1.64. The van der Waals surface area contributed by atoms with Crippen molar-refractivity contribution in [2.45, 2.75) is 19.9 Å². The van der Waals surface area contributed by atoms with Crippen LogP contribution in [0, 0.1) is 11.7 Å². The topological polar surface area (TPSA) is 47.3 Å². The van der Waals surface area contributed by atoms with Gasteiger partial charge in [0.05, 0.1) is 24.0 Å².